The summed E-state index contributed by atoms with van der Waals surface area (Å²) < 4.78 is 35.6. The number of ether oxygens (including phenoxy) is 1. The molecule has 0 saturated carbocycles. The van der Waals surface area contributed by atoms with Crippen LogP contribution in [0.3, 0.4) is 0 Å². The Hall–Kier alpha value is -2.49. The second kappa shape index (κ2) is 7.78. The van der Waals surface area contributed by atoms with Gasteiger partial charge in [0, 0.05) is 22.5 Å². The van der Waals surface area contributed by atoms with E-state index in [0.717, 1.165) is 0 Å². The lowest BCUT2D eigenvalue weighted by atomic mass is 9.62. The number of rotatable bonds is 3. The van der Waals surface area contributed by atoms with E-state index < -0.39 is 46.7 Å². The van der Waals surface area contributed by atoms with Crippen molar-refractivity contribution in [3.63, 3.8) is 0 Å². The van der Waals surface area contributed by atoms with Gasteiger partial charge in [-0.3, -0.25) is 4.79 Å². The third kappa shape index (κ3) is 3.72. The summed E-state index contributed by atoms with van der Waals surface area (Å²) in [6.07, 6.45) is 0.477. The van der Waals surface area contributed by atoms with Crippen molar-refractivity contribution in [1.29, 1.82) is 5.26 Å². The van der Waals surface area contributed by atoms with E-state index >= 15 is 4.39 Å². The van der Waals surface area contributed by atoms with E-state index in [2.05, 4.69) is 6.07 Å². The van der Waals surface area contributed by atoms with Crippen LogP contribution < -0.4 is 0 Å². The minimum atomic E-state index is -1.49. The fraction of sp³-hybridized carbons (Fsp3) is 0.462. The Bertz CT molecular complexity index is 1150. The number of carbonyl (C=O) groups excluding carboxylic acids is 1. The van der Waals surface area contributed by atoms with Crippen molar-refractivity contribution in [3.05, 3.63) is 70.2 Å². The predicted molar refractivity (Wildman–Crippen MR) is 122 cm³/mol. The maximum atomic E-state index is 15.5. The molecule has 0 unspecified atom stereocenters. The van der Waals surface area contributed by atoms with Crippen LogP contribution in [0.2, 0.25) is 5.02 Å². The first kappa shape index (κ1) is 23.7. The highest BCUT2D eigenvalue weighted by molar-refractivity contribution is 6.30. The van der Waals surface area contributed by atoms with Crippen LogP contribution in [0.1, 0.15) is 58.1 Å². The first-order chi connectivity index (χ1) is 15.3. The third-order valence-corrected chi connectivity index (χ3v) is 6.99. The molecule has 2 aromatic rings. The quantitative estimate of drug-likeness (QED) is 0.518. The summed E-state index contributed by atoms with van der Waals surface area (Å²) in [4.78, 5) is 15.1. The number of nitriles is 1. The molecule has 0 N–H and O–H groups in total. The zero-order valence-electron chi connectivity index (χ0n) is 19.3. The summed E-state index contributed by atoms with van der Waals surface area (Å²) in [5, 5.41) is 11.0. The van der Waals surface area contributed by atoms with Crippen LogP contribution in [-0.4, -0.2) is 28.7 Å². The van der Waals surface area contributed by atoms with Gasteiger partial charge in [-0.25, -0.2) is 13.7 Å². The van der Waals surface area contributed by atoms with E-state index in [1.165, 1.54) is 30.3 Å². The van der Waals surface area contributed by atoms with Crippen molar-refractivity contribution in [2.45, 2.75) is 70.2 Å². The van der Waals surface area contributed by atoms with Crippen LogP contribution in [0.15, 0.2) is 42.5 Å². The molecule has 2 aliphatic rings. The van der Waals surface area contributed by atoms with Crippen molar-refractivity contribution in [2.75, 3.05) is 0 Å². The normalized spacial score (nSPS) is 28.9. The Morgan fingerprint density at radius 3 is 2.45 bits per heavy atom. The van der Waals surface area contributed by atoms with Gasteiger partial charge in [-0.1, -0.05) is 50.6 Å². The van der Waals surface area contributed by atoms with E-state index in [1.54, 1.807) is 26.0 Å². The van der Waals surface area contributed by atoms with Gasteiger partial charge >= 0.3 is 5.97 Å². The molecule has 2 aliphatic heterocycles. The second-order valence-corrected chi connectivity index (χ2v) is 11.1. The van der Waals surface area contributed by atoms with Crippen LogP contribution >= 0.6 is 11.6 Å². The fourth-order valence-corrected chi connectivity index (χ4v) is 5.87. The molecule has 2 fully saturated rings. The van der Waals surface area contributed by atoms with E-state index in [0.29, 0.717) is 12.0 Å². The first-order valence-electron chi connectivity index (χ1n) is 11.0. The molecule has 0 radical (unpaired) electrons. The third-order valence-electron chi connectivity index (χ3n) is 6.76. The zero-order valence-corrected chi connectivity index (χ0v) is 20.1. The van der Waals surface area contributed by atoms with E-state index in [1.807, 2.05) is 25.7 Å². The molecule has 2 saturated heterocycles. The maximum Gasteiger partial charge on any atom is 0.325 e. The highest BCUT2D eigenvalue weighted by Gasteiger charge is 2.70. The molecular weight excluding hydrogens is 446 g/mol. The summed E-state index contributed by atoms with van der Waals surface area (Å²) in [5.74, 6) is -2.47. The smallest absolute Gasteiger partial charge is 0.325 e. The number of nitrogens with zero attached hydrogens (tertiary/aromatic N) is 2. The predicted octanol–water partition coefficient (Wildman–Crippen LogP) is 5.95. The number of benzene rings is 2. The van der Waals surface area contributed by atoms with E-state index in [9.17, 15) is 14.4 Å². The van der Waals surface area contributed by atoms with Gasteiger partial charge in [0.05, 0.1) is 6.07 Å². The lowest BCUT2D eigenvalue weighted by Gasteiger charge is -2.42. The zero-order chi connectivity index (χ0) is 24.3. The van der Waals surface area contributed by atoms with Crippen molar-refractivity contribution in [3.8, 4) is 6.07 Å². The van der Waals surface area contributed by atoms with Crippen molar-refractivity contribution < 1.29 is 18.3 Å². The molecule has 7 heteroatoms. The lowest BCUT2D eigenvalue weighted by molar-refractivity contribution is -0.152. The fourth-order valence-electron chi connectivity index (χ4n) is 5.71. The number of carbonyl (C=O) groups is 1. The molecule has 174 valence electrons. The monoisotopic (exact) mass is 472 g/mol. The molecule has 0 aliphatic carbocycles. The summed E-state index contributed by atoms with van der Waals surface area (Å²) >= 11 is 6.04. The Balaban J connectivity index is 2.09. The van der Waals surface area contributed by atoms with Gasteiger partial charge in [0.1, 0.15) is 23.1 Å². The standard InChI is InChI=1S/C26H27ClF2N2O2/c1-24(2,3)13-20-26(14-30,18-10-9-16(27)12-19(18)29)21(15-7-6-8-17(28)11-15)22-23(32)33-25(4,5)31(20)22/h6-12,20-22H,13H2,1-5H3/t20-,21-,22+,26-/m0/s1. The number of halogens is 3. The van der Waals surface area contributed by atoms with Gasteiger partial charge < -0.3 is 4.74 Å². The molecule has 2 aromatic carbocycles. The number of hydrogen-bond acceptors (Lipinski definition) is 4. The van der Waals surface area contributed by atoms with Gasteiger partial charge in [0.2, 0.25) is 0 Å². The summed E-state index contributed by atoms with van der Waals surface area (Å²) in [6, 6.07) is 11.1. The molecule has 2 heterocycles. The van der Waals surface area contributed by atoms with Crippen LogP contribution in [0.25, 0.3) is 0 Å². The highest BCUT2D eigenvalue weighted by Crippen LogP contribution is 2.60. The Morgan fingerprint density at radius 2 is 1.88 bits per heavy atom. The lowest BCUT2D eigenvalue weighted by Crippen LogP contribution is -2.52. The molecular formula is C26H27ClF2N2O2. The molecule has 0 aromatic heterocycles. The Kier molecular flexibility index (Phi) is 5.58. The van der Waals surface area contributed by atoms with Crippen LogP contribution in [-0.2, 0) is 14.9 Å². The number of esters is 1. The molecule has 0 bridgehead atoms. The van der Waals surface area contributed by atoms with Gasteiger partial charge in [-0.05, 0) is 55.5 Å². The molecule has 4 atom stereocenters. The first-order valence-corrected chi connectivity index (χ1v) is 11.3. The van der Waals surface area contributed by atoms with Gasteiger partial charge in [-0.15, -0.1) is 0 Å². The van der Waals surface area contributed by atoms with Crippen LogP contribution in [0.4, 0.5) is 8.78 Å². The average Bonchev–Trinajstić information content (AvgIpc) is 3.10. The number of cyclic esters (lactones) is 1. The molecule has 4 nitrogen and oxygen atoms in total. The van der Waals surface area contributed by atoms with Crippen LogP contribution in [0, 0.1) is 28.4 Å². The maximum absolute atomic E-state index is 15.5. The van der Waals surface area contributed by atoms with Crippen molar-refractivity contribution >= 4 is 17.6 Å². The van der Waals surface area contributed by atoms with Crippen LogP contribution in [0.5, 0.6) is 0 Å². The number of hydrogen-bond donors (Lipinski definition) is 0. The molecule has 0 spiro atoms. The van der Waals surface area contributed by atoms with E-state index in [4.69, 9.17) is 16.3 Å². The second-order valence-electron chi connectivity index (χ2n) is 10.6. The minimum absolute atomic E-state index is 0.149. The number of fused-ring (bicyclic) bond motifs is 1. The van der Waals surface area contributed by atoms with Gasteiger partial charge in [-0.2, -0.15) is 5.26 Å². The summed E-state index contributed by atoms with van der Waals surface area (Å²) in [6.45, 7) is 9.64. The van der Waals surface area contributed by atoms with E-state index in [-0.39, 0.29) is 16.0 Å². The topological polar surface area (TPSA) is 53.3 Å². The minimum Gasteiger partial charge on any atom is -0.443 e. The SMILES string of the molecule is CC(C)(C)C[C@@H]1N2[C@@H](C(=O)OC2(C)C)[C@H](c2cccc(F)c2)[C@@]1(C#N)c1ccc(Cl)cc1F. The Morgan fingerprint density at radius 1 is 1.18 bits per heavy atom. The molecule has 0 amide bonds. The molecule has 4 rings (SSSR count). The van der Waals surface area contributed by atoms with Crippen molar-refractivity contribution in [2.24, 2.45) is 5.41 Å². The summed E-state index contributed by atoms with van der Waals surface area (Å²) in [5.41, 5.74) is -2.18. The Labute approximate surface area is 198 Å². The highest BCUT2D eigenvalue weighted by atomic mass is 35.5. The summed E-state index contributed by atoms with van der Waals surface area (Å²) in [7, 11) is 0. The average molecular weight is 473 g/mol. The largest absolute Gasteiger partial charge is 0.443 e. The van der Waals surface area contributed by atoms with Gasteiger partial charge in [0.15, 0.2) is 5.72 Å². The van der Waals surface area contributed by atoms with Gasteiger partial charge in [0.25, 0.3) is 0 Å². The molecule has 33 heavy (non-hydrogen) atoms. The van der Waals surface area contributed by atoms with Crippen molar-refractivity contribution in [1.82, 2.24) is 4.90 Å².